The van der Waals surface area contributed by atoms with Crippen LogP contribution in [0.2, 0.25) is 0 Å². The lowest BCUT2D eigenvalue weighted by molar-refractivity contribution is -0.167. The number of unbranched alkanes of at least 4 members (excludes halogenated alkanes) is 40. The average Bonchev–Trinajstić information content (AvgIpc) is 3.47. The molecule has 0 amide bonds. The number of carbonyl (C=O) groups excluding carboxylic acids is 3. The minimum Gasteiger partial charge on any atom is -0.462 e. The van der Waals surface area contributed by atoms with E-state index in [4.69, 9.17) is 14.2 Å². The summed E-state index contributed by atoms with van der Waals surface area (Å²) in [4.78, 5) is 38.4. The molecule has 0 aromatic carbocycles. The second kappa shape index (κ2) is 70.1. The molecule has 1 atom stereocenters. The van der Waals surface area contributed by atoms with Gasteiger partial charge >= 0.3 is 17.9 Å². The van der Waals surface area contributed by atoms with Gasteiger partial charge in [-0.15, -0.1) is 0 Å². The molecule has 6 nitrogen and oxygen atoms in total. The molecule has 0 heterocycles. The fourth-order valence-corrected chi connectivity index (χ4v) is 10.4. The van der Waals surface area contributed by atoms with E-state index in [1.807, 2.05) is 0 Å². The zero-order valence-electron chi connectivity index (χ0n) is 54.5. The highest BCUT2D eigenvalue weighted by molar-refractivity contribution is 5.71. The Kier molecular flexibility index (Phi) is 67.2. The SMILES string of the molecule is CC/C=C\C/C=C\C/C=C\C/C=C\C/C=C\C/C=C\C/C=C\CCCC(=O)OC(COC(=O)CCCCCCCCCCCCCCC)COC(=O)CCCCCCCCCCCCCCCCCCCCCCCCCCCCCC. The summed E-state index contributed by atoms with van der Waals surface area (Å²) in [6.45, 7) is 6.53. The Balaban J connectivity index is 4.31. The molecule has 0 saturated heterocycles. The van der Waals surface area contributed by atoms with Crippen LogP contribution in [0.25, 0.3) is 0 Å². The standard InChI is InChI=1S/C76H134O6/c1-4-7-10-13-16-19-22-25-27-29-31-33-35-36-37-38-39-41-42-44-46-48-51-54-57-60-63-66-69-75(78)81-72-73(71-80-74(77)68-65-62-59-56-53-50-24-21-18-15-12-9-6-3)82-76(79)70-67-64-61-58-55-52-49-47-45-43-40-34-32-30-28-26-23-20-17-14-11-8-5-2/h8,11,17,20,26,28,32,34,43,45,49,52,58,61,73H,4-7,9-10,12-16,18-19,21-25,27,29-31,33,35-42,44,46-48,50-51,53-57,59-60,62-72H2,1-3H3/b11-8-,20-17-,28-26-,34-32-,45-43-,52-49-,61-58-. The van der Waals surface area contributed by atoms with Crippen molar-refractivity contribution in [3.05, 3.63) is 85.1 Å². The third kappa shape index (κ3) is 67.4. The lowest BCUT2D eigenvalue weighted by Gasteiger charge is -2.18. The second-order valence-corrected chi connectivity index (χ2v) is 23.8. The van der Waals surface area contributed by atoms with Crippen LogP contribution < -0.4 is 0 Å². The molecule has 0 bridgehead atoms. The van der Waals surface area contributed by atoms with Crippen LogP contribution >= 0.6 is 0 Å². The first-order chi connectivity index (χ1) is 40.5. The van der Waals surface area contributed by atoms with Gasteiger partial charge in [-0.05, 0) is 70.6 Å². The van der Waals surface area contributed by atoms with Gasteiger partial charge in [-0.1, -0.05) is 356 Å². The molecule has 1 unspecified atom stereocenters. The molecule has 0 aromatic heterocycles. The van der Waals surface area contributed by atoms with Crippen LogP contribution in [0.5, 0.6) is 0 Å². The summed E-state index contributed by atoms with van der Waals surface area (Å²) in [5.74, 6) is -0.936. The molecule has 82 heavy (non-hydrogen) atoms. The van der Waals surface area contributed by atoms with E-state index in [0.717, 1.165) is 89.9 Å². The highest BCUT2D eigenvalue weighted by Crippen LogP contribution is 2.18. The first kappa shape index (κ1) is 78.6. The maximum Gasteiger partial charge on any atom is 0.306 e. The Hall–Kier alpha value is -3.41. The number of carbonyl (C=O) groups is 3. The van der Waals surface area contributed by atoms with Crippen molar-refractivity contribution in [3.63, 3.8) is 0 Å². The third-order valence-electron chi connectivity index (χ3n) is 15.7. The van der Waals surface area contributed by atoms with Gasteiger partial charge in [-0.25, -0.2) is 0 Å². The van der Waals surface area contributed by atoms with Crippen molar-refractivity contribution in [3.8, 4) is 0 Å². The maximum absolute atomic E-state index is 12.9. The third-order valence-corrected chi connectivity index (χ3v) is 15.7. The van der Waals surface area contributed by atoms with Crippen LogP contribution in [0.4, 0.5) is 0 Å². The molecular formula is C76H134O6. The van der Waals surface area contributed by atoms with Gasteiger partial charge in [0.05, 0.1) is 0 Å². The van der Waals surface area contributed by atoms with E-state index in [2.05, 4.69) is 106 Å². The summed E-state index contributed by atoms with van der Waals surface area (Å²) in [6.07, 6.45) is 93.4. The predicted molar refractivity (Wildman–Crippen MR) is 358 cm³/mol. The highest BCUT2D eigenvalue weighted by atomic mass is 16.6. The van der Waals surface area contributed by atoms with Crippen LogP contribution in [-0.2, 0) is 28.6 Å². The monoisotopic (exact) mass is 1140 g/mol. The fraction of sp³-hybridized carbons (Fsp3) is 0.776. The van der Waals surface area contributed by atoms with Crippen molar-refractivity contribution in [1.29, 1.82) is 0 Å². The fourth-order valence-electron chi connectivity index (χ4n) is 10.4. The van der Waals surface area contributed by atoms with Crippen molar-refractivity contribution >= 4 is 17.9 Å². The summed E-state index contributed by atoms with van der Waals surface area (Å²) in [7, 11) is 0. The number of hydrogen-bond donors (Lipinski definition) is 0. The van der Waals surface area contributed by atoms with Gasteiger partial charge in [0.25, 0.3) is 0 Å². The maximum atomic E-state index is 12.9. The molecule has 0 aliphatic heterocycles. The zero-order valence-corrected chi connectivity index (χ0v) is 54.5. The second-order valence-electron chi connectivity index (χ2n) is 23.8. The Bertz CT molecular complexity index is 1550. The molecule has 0 fully saturated rings. The van der Waals surface area contributed by atoms with E-state index in [1.54, 1.807) is 0 Å². The number of rotatable bonds is 65. The van der Waals surface area contributed by atoms with Crippen LogP contribution in [-0.4, -0.2) is 37.2 Å². The molecule has 0 aromatic rings. The molecule has 0 radical (unpaired) electrons. The van der Waals surface area contributed by atoms with Crippen LogP contribution in [0.1, 0.15) is 361 Å². The minimum atomic E-state index is -0.806. The molecule has 0 rings (SSSR count). The van der Waals surface area contributed by atoms with Crippen molar-refractivity contribution in [2.75, 3.05) is 13.2 Å². The number of allylic oxidation sites excluding steroid dienone is 14. The average molecular weight is 1140 g/mol. The summed E-state index contributed by atoms with van der Waals surface area (Å²) in [5, 5.41) is 0. The Morgan fingerprint density at radius 2 is 0.476 bits per heavy atom. The topological polar surface area (TPSA) is 78.9 Å². The summed E-state index contributed by atoms with van der Waals surface area (Å²) in [6, 6.07) is 0. The molecule has 0 saturated carbocycles. The number of esters is 3. The summed E-state index contributed by atoms with van der Waals surface area (Å²) in [5.41, 5.74) is 0. The van der Waals surface area contributed by atoms with E-state index in [-0.39, 0.29) is 37.5 Å². The van der Waals surface area contributed by atoms with Crippen molar-refractivity contribution < 1.29 is 28.6 Å². The van der Waals surface area contributed by atoms with Crippen molar-refractivity contribution in [2.45, 2.75) is 367 Å². The lowest BCUT2D eigenvalue weighted by atomic mass is 10.0. The Morgan fingerprint density at radius 3 is 0.732 bits per heavy atom. The van der Waals surface area contributed by atoms with Gasteiger partial charge in [0.2, 0.25) is 0 Å². The predicted octanol–water partition coefficient (Wildman–Crippen LogP) is 24.6. The molecule has 0 spiro atoms. The van der Waals surface area contributed by atoms with Gasteiger partial charge in [-0.2, -0.15) is 0 Å². The lowest BCUT2D eigenvalue weighted by Crippen LogP contribution is -2.30. The van der Waals surface area contributed by atoms with Crippen LogP contribution in [0.15, 0.2) is 85.1 Å². The molecule has 6 heteroatoms. The quantitative estimate of drug-likeness (QED) is 0.0261. The van der Waals surface area contributed by atoms with Gasteiger partial charge in [0.1, 0.15) is 13.2 Å². The van der Waals surface area contributed by atoms with Gasteiger partial charge in [0.15, 0.2) is 6.10 Å². The zero-order chi connectivity index (χ0) is 59.2. The first-order valence-corrected chi connectivity index (χ1v) is 35.6. The highest BCUT2D eigenvalue weighted by Gasteiger charge is 2.19. The van der Waals surface area contributed by atoms with Crippen LogP contribution in [0.3, 0.4) is 0 Å². The number of ether oxygens (including phenoxy) is 3. The normalized spacial score (nSPS) is 12.6. The van der Waals surface area contributed by atoms with E-state index in [1.165, 1.54) is 225 Å². The smallest absolute Gasteiger partial charge is 0.306 e. The summed E-state index contributed by atoms with van der Waals surface area (Å²) < 4.78 is 16.9. The van der Waals surface area contributed by atoms with E-state index in [9.17, 15) is 14.4 Å². The first-order valence-electron chi connectivity index (χ1n) is 35.6. The minimum absolute atomic E-state index is 0.0952. The molecule has 0 aliphatic rings. The van der Waals surface area contributed by atoms with Crippen molar-refractivity contribution in [1.82, 2.24) is 0 Å². The molecular weight excluding hydrogens is 1010 g/mol. The van der Waals surface area contributed by atoms with E-state index in [0.29, 0.717) is 19.3 Å². The van der Waals surface area contributed by atoms with Gasteiger partial charge in [-0.3, -0.25) is 14.4 Å². The number of hydrogen-bond acceptors (Lipinski definition) is 6. The van der Waals surface area contributed by atoms with E-state index >= 15 is 0 Å². The Labute approximate surface area is 509 Å². The summed E-state index contributed by atoms with van der Waals surface area (Å²) >= 11 is 0. The molecule has 0 N–H and O–H groups in total. The largest absolute Gasteiger partial charge is 0.462 e. The van der Waals surface area contributed by atoms with Gasteiger partial charge < -0.3 is 14.2 Å². The van der Waals surface area contributed by atoms with Crippen molar-refractivity contribution in [2.24, 2.45) is 0 Å². The van der Waals surface area contributed by atoms with E-state index < -0.39 is 6.10 Å². The molecule has 0 aliphatic carbocycles. The molecule has 474 valence electrons. The Morgan fingerprint density at radius 1 is 0.256 bits per heavy atom. The van der Waals surface area contributed by atoms with Crippen LogP contribution in [0, 0.1) is 0 Å². The van der Waals surface area contributed by atoms with Gasteiger partial charge in [0, 0.05) is 19.3 Å².